The van der Waals surface area contributed by atoms with Crippen molar-refractivity contribution in [1.82, 2.24) is 9.88 Å². The maximum atomic E-state index is 10.7. The van der Waals surface area contributed by atoms with Gasteiger partial charge in [0.15, 0.2) is 0 Å². The second kappa shape index (κ2) is 4.32. The molecule has 0 spiro atoms. The molecule has 1 rings (SSSR count). The van der Waals surface area contributed by atoms with Gasteiger partial charge in [0.1, 0.15) is 0 Å². The molecule has 0 saturated carbocycles. The first-order valence-electron chi connectivity index (χ1n) is 3.76. The lowest BCUT2D eigenvalue weighted by Gasteiger charge is -2.04. The van der Waals surface area contributed by atoms with Gasteiger partial charge in [0.05, 0.1) is 13.7 Å². The normalized spacial score (nSPS) is 9.77. The van der Waals surface area contributed by atoms with Crippen molar-refractivity contribution in [3.05, 3.63) is 22.4 Å². The highest BCUT2D eigenvalue weighted by Crippen LogP contribution is 2.13. The van der Waals surface area contributed by atoms with Crippen LogP contribution in [0.5, 0.6) is 0 Å². The molecule has 0 aromatic carbocycles. The first-order chi connectivity index (χ1) is 6.13. The molecule has 72 valence electrons. The minimum absolute atomic E-state index is 0.419. The smallest absolute Gasteiger partial charge is 0.407 e. The maximum Gasteiger partial charge on any atom is 0.407 e. The van der Waals surface area contributed by atoms with E-state index in [1.54, 1.807) is 0 Å². The predicted octanol–water partition coefficient (Wildman–Crippen LogP) is 1.64. The Morgan fingerprint density at radius 3 is 2.92 bits per heavy atom. The van der Waals surface area contributed by atoms with E-state index in [-0.39, 0.29) is 0 Å². The van der Waals surface area contributed by atoms with Crippen LogP contribution in [0.2, 0.25) is 0 Å². The van der Waals surface area contributed by atoms with Crippen LogP contribution in [0.3, 0.4) is 0 Å². The molecule has 0 aliphatic carbocycles. The fourth-order valence-electron chi connectivity index (χ4n) is 0.977. The van der Waals surface area contributed by atoms with E-state index in [0.29, 0.717) is 6.54 Å². The molecule has 13 heavy (non-hydrogen) atoms. The lowest BCUT2D eigenvalue weighted by atomic mass is 10.4. The Labute approximate surface area is 85.0 Å². The van der Waals surface area contributed by atoms with Crippen molar-refractivity contribution in [3.63, 3.8) is 0 Å². The molecule has 1 aromatic rings. The minimum atomic E-state index is -0.419. The molecule has 0 radical (unpaired) electrons. The van der Waals surface area contributed by atoms with Crippen molar-refractivity contribution < 1.29 is 9.53 Å². The maximum absolute atomic E-state index is 10.7. The summed E-state index contributed by atoms with van der Waals surface area (Å²) in [6.45, 7) is 0.467. The molecular formula is C8H11BrN2O2. The molecular weight excluding hydrogens is 236 g/mol. The molecule has 0 aliphatic rings. The van der Waals surface area contributed by atoms with E-state index in [2.05, 4.69) is 26.0 Å². The number of ether oxygens (including phenoxy) is 1. The van der Waals surface area contributed by atoms with Gasteiger partial charge in [-0.2, -0.15) is 0 Å². The number of aromatic nitrogens is 1. The van der Waals surface area contributed by atoms with Crippen LogP contribution < -0.4 is 5.32 Å². The van der Waals surface area contributed by atoms with Gasteiger partial charge in [-0.05, 0) is 22.0 Å². The third-order valence-corrected chi connectivity index (χ3v) is 2.11. The molecule has 0 bridgehead atoms. The summed E-state index contributed by atoms with van der Waals surface area (Å²) in [5.74, 6) is 0. The number of alkyl carbamates (subject to hydrolysis) is 1. The molecule has 0 atom stereocenters. The van der Waals surface area contributed by atoms with E-state index in [0.717, 1.165) is 10.2 Å². The van der Waals surface area contributed by atoms with Crippen molar-refractivity contribution in [2.75, 3.05) is 7.11 Å². The standard InChI is InChI=1S/C8H11BrN2O2/c1-11-5-6(9)3-7(11)4-10-8(12)13-2/h3,5H,4H2,1-2H3,(H,10,12). The monoisotopic (exact) mass is 246 g/mol. The number of hydrogen-bond donors (Lipinski definition) is 1. The van der Waals surface area contributed by atoms with Gasteiger partial charge in [-0.15, -0.1) is 0 Å². The van der Waals surface area contributed by atoms with Crippen molar-refractivity contribution >= 4 is 22.0 Å². The van der Waals surface area contributed by atoms with Crippen LogP contribution in [0, 0.1) is 0 Å². The topological polar surface area (TPSA) is 43.3 Å². The summed E-state index contributed by atoms with van der Waals surface area (Å²) in [4.78, 5) is 10.7. The largest absolute Gasteiger partial charge is 0.453 e. The van der Waals surface area contributed by atoms with E-state index in [1.807, 2.05) is 23.9 Å². The van der Waals surface area contributed by atoms with E-state index >= 15 is 0 Å². The molecule has 0 saturated heterocycles. The Balaban J connectivity index is 2.54. The highest BCUT2D eigenvalue weighted by atomic mass is 79.9. The SMILES string of the molecule is COC(=O)NCc1cc(Br)cn1C. The van der Waals surface area contributed by atoms with Gasteiger partial charge >= 0.3 is 6.09 Å². The Morgan fingerprint density at radius 1 is 1.77 bits per heavy atom. The zero-order valence-electron chi connectivity index (χ0n) is 7.50. The number of amides is 1. The van der Waals surface area contributed by atoms with Crippen molar-refractivity contribution in [1.29, 1.82) is 0 Å². The van der Waals surface area contributed by atoms with Crippen LogP contribution >= 0.6 is 15.9 Å². The molecule has 0 aliphatic heterocycles. The third-order valence-electron chi connectivity index (χ3n) is 1.67. The number of nitrogens with one attached hydrogen (secondary N) is 1. The van der Waals surface area contributed by atoms with Crippen molar-refractivity contribution in [2.45, 2.75) is 6.54 Å². The lowest BCUT2D eigenvalue weighted by molar-refractivity contribution is 0.170. The summed E-state index contributed by atoms with van der Waals surface area (Å²) in [5, 5.41) is 2.60. The second-order valence-corrected chi connectivity index (χ2v) is 3.52. The molecule has 1 N–H and O–H groups in total. The summed E-state index contributed by atoms with van der Waals surface area (Å²) < 4.78 is 7.38. The van der Waals surface area contributed by atoms with Crippen LogP contribution in [0.4, 0.5) is 4.79 Å². The predicted molar refractivity (Wildman–Crippen MR) is 52.4 cm³/mol. The number of halogens is 1. The van der Waals surface area contributed by atoms with Crippen LogP contribution in [-0.2, 0) is 18.3 Å². The highest BCUT2D eigenvalue weighted by Gasteiger charge is 2.03. The Hall–Kier alpha value is -0.970. The molecule has 5 heteroatoms. The fourth-order valence-corrected chi connectivity index (χ4v) is 1.55. The first kappa shape index (κ1) is 10.1. The Morgan fingerprint density at radius 2 is 2.46 bits per heavy atom. The van der Waals surface area contributed by atoms with E-state index in [9.17, 15) is 4.79 Å². The Kier molecular flexibility index (Phi) is 3.36. The third kappa shape index (κ3) is 2.77. The number of aryl methyl sites for hydroxylation is 1. The second-order valence-electron chi connectivity index (χ2n) is 2.61. The number of carbonyl (C=O) groups is 1. The number of nitrogens with zero attached hydrogens (tertiary/aromatic N) is 1. The molecule has 1 heterocycles. The molecule has 0 fully saturated rings. The zero-order chi connectivity index (χ0) is 9.84. The lowest BCUT2D eigenvalue weighted by Crippen LogP contribution is -2.23. The average Bonchev–Trinajstić information content (AvgIpc) is 2.41. The van der Waals surface area contributed by atoms with E-state index in [1.165, 1.54) is 7.11 Å². The summed E-state index contributed by atoms with van der Waals surface area (Å²) in [7, 11) is 3.26. The number of methoxy groups -OCH3 is 1. The van der Waals surface area contributed by atoms with Gasteiger partial charge < -0.3 is 14.6 Å². The van der Waals surface area contributed by atoms with Crippen LogP contribution in [0.15, 0.2) is 16.7 Å². The summed E-state index contributed by atoms with van der Waals surface area (Å²) >= 11 is 3.34. The number of rotatable bonds is 2. The van der Waals surface area contributed by atoms with Crippen LogP contribution in [0.25, 0.3) is 0 Å². The number of carbonyl (C=O) groups excluding carboxylic acids is 1. The van der Waals surface area contributed by atoms with Crippen molar-refractivity contribution in [3.8, 4) is 0 Å². The number of hydrogen-bond acceptors (Lipinski definition) is 2. The van der Waals surface area contributed by atoms with Crippen LogP contribution in [0.1, 0.15) is 5.69 Å². The summed E-state index contributed by atoms with van der Waals surface area (Å²) in [6, 6.07) is 1.94. The molecule has 4 nitrogen and oxygen atoms in total. The Bertz CT molecular complexity index is 309. The highest BCUT2D eigenvalue weighted by molar-refractivity contribution is 9.10. The van der Waals surface area contributed by atoms with Gasteiger partial charge in [-0.25, -0.2) is 4.79 Å². The molecule has 1 aromatic heterocycles. The van der Waals surface area contributed by atoms with Gasteiger partial charge in [0.2, 0.25) is 0 Å². The molecule has 0 unspecified atom stereocenters. The van der Waals surface area contributed by atoms with Gasteiger partial charge in [-0.3, -0.25) is 0 Å². The van der Waals surface area contributed by atoms with Gasteiger partial charge in [-0.1, -0.05) is 0 Å². The van der Waals surface area contributed by atoms with Crippen molar-refractivity contribution in [2.24, 2.45) is 7.05 Å². The summed E-state index contributed by atoms with van der Waals surface area (Å²) in [5.41, 5.74) is 1.01. The van der Waals surface area contributed by atoms with E-state index < -0.39 is 6.09 Å². The summed E-state index contributed by atoms with van der Waals surface area (Å²) in [6.07, 6.45) is 1.51. The zero-order valence-corrected chi connectivity index (χ0v) is 9.09. The van der Waals surface area contributed by atoms with Crippen LogP contribution in [-0.4, -0.2) is 17.8 Å². The first-order valence-corrected chi connectivity index (χ1v) is 4.55. The van der Waals surface area contributed by atoms with Gasteiger partial charge in [0.25, 0.3) is 0 Å². The van der Waals surface area contributed by atoms with Gasteiger partial charge in [0, 0.05) is 23.4 Å². The quantitative estimate of drug-likeness (QED) is 0.863. The van der Waals surface area contributed by atoms with E-state index in [4.69, 9.17) is 0 Å². The minimum Gasteiger partial charge on any atom is -0.453 e. The molecule has 1 amide bonds. The fraction of sp³-hybridized carbons (Fsp3) is 0.375. The average molecular weight is 247 g/mol.